The van der Waals surface area contributed by atoms with Gasteiger partial charge in [0.1, 0.15) is 23.9 Å². The van der Waals surface area contributed by atoms with E-state index in [1.54, 1.807) is 31.2 Å². The number of halogens is 1. The van der Waals surface area contributed by atoms with Gasteiger partial charge in [-0.15, -0.1) is 5.10 Å². The van der Waals surface area contributed by atoms with E-state index in [4.69, 9.17) is 0 Å². The number of likely N-dealkylation sites (N-methyl/N-ethyl adjacent to an activating group) is 1. The molecule has 1 aliphatic rings. The largest absolute Gasteiger partial charge is 0.309 e. The molecule has 1 amide bonds. The summed E-state index contributed by atoms with van der Waals surface area (Å²) >= 11 is 0. The van der Waals surface area contributed by atoms with E-state index in [2.05, 4.69) is 32.7 Å². The van der Waals surface area contributed by atoms with Crippen molar-refractivity contribution in [1.82, 2.24) is 29.7 Å². The van der Waals surface area contributed by atoms with E-state index in [-0.39, 0.29) is 18.1 Å². The zero-order valence-electron chi connectivity index (χ0n) is 15.8. The van der Waals surface area contributed by atoms with Gasteiger partial charge in [-0.3, -0.25) is 4.79 Å². The Bertz CT molecular complexity index is 996. The number of hydrogen-bond donors (Lipinski definition) is 1. The summed E-state index contributed by atoms with van der Waals surface area (Å²) in [6.45, 7) is 3.80. The molecule has 0 spiro atoms. The summed E-state index contributed by atoms with van der Waals surface area (Å²) in [5.41, 5.74) is 1.86. The van der Waals surface area contributed by atoms with E-state index < -0.39 is 5.82 Å². The molecule has 1 saturated heterocycles. The Kier molecular flexibility index (Phi) is 4.91. The van der Waals surface area contributed by atoms with Gasteiger partial charge in [-0.2, -0.15) is 5.10 Å². The van der Waals surface area contributed by atoms with Crippen LogP contribution in [0.25, 0.3) is 5.69 Å². The fourth-order valence-electron chi connectivity index (χ4n) is 3.48. The standard InChI is InChI=1S/C19H22FN7O/c1-13-9-18(27(23-13)17-6-4-3-5-15(17)20)21-19(28)12-26-11-16(22-24-26)14-7-8-25(2)10-14/h3-6,9,11,14H,7-8,10,12H2,1-2H3,(H,21,28). The molecule has 1 aliphatic heterocycles. The molecule has 1 N–H and O–H groups in total. The average Bonchev–Trinajstić information content (AvgIpc) is 3.36. The highest BCUT2D eigenvalue weighted by Gasteiger charge is 2.24. The van der Waals surface area contributed by atoms with Gasteiger partial charge in [-0.25, -0.2) is 13.8 Å². The molecule has 1 aromatic carbocycles. The maximum Gasteiger partial charge on any atom is 0.247 e. The lowest BCUT2D eigenvalue weighted by Crippen LogP contribution is -2.21. The van der Waals surface area contributed by atoms with Crippen molar-refractivity contribution in [2.45, 2.75) is 25.8 Å². The minimum atomic E-state index is -0.413. The molecule has 146 valence electrons. The van der Waals surface area contributed by atoms with Crippen molar-refractivity contribution in [3.63, 3.8) is 0 Å². The number of carbonyl (C=O) groups excluding carboxylic acids is 1. The topological polar surface area (TPSA) is 80.9 Å². The van der Waals surface area contributed by atoms with Crippen molar-refractivity contribution in [1.29, 1.82) is 0 Å². The summed E-state index contributed by atoms with van der Waals surface area (Å²) < 4.78 is 17.0. The third-order valence-electron chi connectivity index (χ3n) is 4.85. The number of rotatable bonds is 5. The summed E-state index contributed by atoms with van der Waals surface area (Å²) in [4.78, 5) is 14.8. The molecule has 4 rings (SSSR count). The fraction of sp³-hybridized carbons (Fsp3) is 0.368. The van der Waals surface area contributed by atoms with Gasteiger partial charge < -0.3 is 10.2 Å². The molecular weight excluding hydrogens is 361 g/mol. The Balaban J connectivity index is 1.46. The highest BCUT2D eigenvalue weighted by Crippen LogP contribution is 2.24. The lowest BCUT2D eigenvalue weighted by atomic mass is 10.1. The highest BCUT2D eigenvalue weighted by atomic mass is 19.1. The summed E-state index contributed by atoms with van der Waals surface area (Å²) in [5.74, 6) is 0.0679. The number of benzene rings is 1. The molecule has 1 fully saturated rings. The number of amides is 1. The van der Waals surface area contributed by atoms with Gasteiger partial charge in [-0.1, -0.05) is 17.3 Å². The molecule has 1 unspecified atom stereocenters. The molecule has 28 heavy (non-hydrogen) atoms. The minimum absolute atomic E-state index is 0.0249. The van der Waals surface area contributed by atoms with Crippen LogP contribution in [0.5, 0.6) is 0 Å². The molecule has 0 radical (unpaired) electrons. The molecule has 1 atom stereocenters. The molecule has 9 heteroatoms. The van der Waals surface area contributed by atoms with Crippen LogP contribution in [0.1, 0.15) is 23.7 Å². The predicted molar refractivity (Wildman–Crippen MR) is 102 cm³/mol. The van der Waals surface area contributed by atoms with Crippen LogP contribution in [-0.2, 0) is 11.3 Å². The maximum absolute atomic E-state index is 14.1. The Morgan fingerprint density at radius 3 is 2.93 bits per heavy atom. The second kappa shape index (κ2) is 7.51. The van der Waals surface area contributed by atoms with E-state index in [9.17, 15) is 9.18 Å². The van der Waals surface area contributed by atoms with E-state index in [1.807, 2.05) is 6.20 Å². The Hall–Kier alpha value is -3.07. The van der Waals surface area contributed by atoms with Crippen molar-refractivity contribution in [3.05, 3.63) is 53.7 Å². The van der Waals surface area contributed by atoms with Crippen LogP contribution < -0.4 is 5.32 Å². The van der Waals surface area contributed by atoms with E-state index in [0.717, 1.165) is 25.2 Å². The third kappa shape index (κ3) is 3.79. The summed E-state index contributed by atoms with van der Waals surface area (Å²) in [7, 11) is 2.08. The van der Waals surface area contributed by atoms with Gasteiger partial charge in [-0.05, 0) is 39.1 Å². The number of aryl methyl sites for hydroxylation is 1. The number of anilines is 1. The van der Waals surface area contributed by atoms with E-state index in [0.29, 0.717) is 17.4 Å². The molecule has 3 heterocycles. The second-order valence-electron chi connectivity index (χ2n) is 7.17. The second-order valence-corrected chi connectivity index (χ2v) is 7.17. The SMILES string of the molecule is Cc1cc(NC(=O)Cn2cc(C3CCN(C)C3)nn2)n(-c2ccccc2F)n1. The highest BCUT2D eigenvalue weighted by molar-refractivity contribution is 5.90. The first-order valence-corrected chi connectivity index (χ1v) is 9.19. The Morgan fingerprint density at radius 2 is 2.18 bits per heavy atom. The van der Waals surface area contributed by atoms with Gasteiger partial charge in [0, 0.05) is 24.7 Å². The zero-order valence-corrected chi connectivity index (χ0v) is 15.8. The normalized spacial score (nSPS) is 17.2. The number of hydrogen-bond acceptors (Lipinski definition) is 5. The van der Waals surface area contributed by atoms with Gasteiger partial charge in [0.15, 0.2) is 0 Å². The molecular formula is C19H22FN7O. The van der Waals surface area contributed by atoms with Crippen LogP contribution in [0.2, 0.25) is 0 Å². The molecule has 0 saturated carbocycles. The van der Waals surface area contributed by atoms with Crippen LogP contribution in [-0.4, -0.2) is 55.7 Å². The van der Waals surface area contributed by atoms with Crippen molar-refractivity contribution in [3.8, 4) is 5.69 Å². The summed E-state index contributed by atoms with van der Waals surface area (Å²) in [6.07, 6.45) is 2.87. The van der Waals surface area contributed by atoms with Crippen molar-refractivity contribution in [2.75, 3.05) is 25.5 Å². The molecule has 2 aromatic heterocycles. The lowest BCUT2D eigenvalue weighted by Gasteiger charge is -2.09. The minimum Gasteiger partial charge on any atom is -0.309 e. The van der Waals surface area contributed by atoms with Crippen molar-refractivity contribution < 1.29 is 9.18 Å². The predicted octanol–water partition coefficient (Wildman–Crippen LogP) is 1.97. The van der Waals surface area contributed by atoms with Gasteiger partial charge in [0.2, 0.25) is 5.91 Å². The first kappa shape index (κ1) is 18.3. The van der Waals surface area contributed by atoms with Crippen LogP contribution in [0.4, 0.5) is 10.2 Å². The zero-order chi connectivity index (χ0) is 19.7. The maximum atomic E-state index is 14.1. The van der Waals surface area contributed by atoms with Crippen molar-refractivity contribution >= 4 is 11.7 Å². The quantitative estimate of drug-likeness (QED) is 0.729. The lowest BCUT2D eigenvalue weighted by molar-refractivity contribution is -0.117. The van der Waals surface area contributed by atoms with Gasteiger partial charge >= 0.3 is 0 Å². The van der Waals surface area contributed by atoms with Crippen LogP contribution >= 0.6 is 0 Å². The molecule has 0 bridgehead atoms. The molecule has 3 aromatic rings. The Labute approximate surface area is 161 Å². The van der Waals surface area contributed by atoms with Gasteiger partial charge in [0.05, 0.1) is 11.4 Å². The molecule has 8 nitrogen and oxygen atoms in total. The monoisotopic (exact) mass is 383 g/mol. The summed E-state index contributed by atoms with van der Waals surface area (Å²) in [5, 5.41) is 15.4. The number of para-hydroxylation sites is 1. The molecule has 0 aliphatic carbocycles. The smallest absolute Gasteiger partial charge is 0.247 e. The van der Waals surface area contributed by atoms with Gasteiger partial charge in [0.25, 0.3) is 0 Å². The Morgan fingerprint density at radius 1 is 1.36 bits per heavy atom. The fourth-order valence-corrected chi connectivity index (χ4v) is 3.48. The number of nitrogens with one attached hydrogen (secondary N) is 1. The van der Waals surface area contributed by atoms with E-state index in [1.165, 1.54) is 15.4 Å². The summed E-state index contributed by atoms with van der Waals surface area (Å²) in [6, 6.07) is 8.00. The number of aromatic nitrogens is 5. The average molecular weight is 383 g/mol. The van der Waals surface area contributed by atoms with E-state index >= 15 is 0 Å². The first-order chi connectivity index (χ1) is 13.5. The number of carbonyl (C=O) groups is 1. The number of likely N-dealkylation sites (tertiary alicyclic amines) is 1. The first-order valence-electron chi connectivity index (χ1n) is 9.19. The third-order valence-corrected chi connectivity index (χ3v) is 4.85. The van der Waals surface area contributed by atoms with Crippen LogP contribution in [0.3, 0.4) is 0 Å². The van der Waals surface area contributed by atoms with Crippen LogP contribution in [0.15, 0.2) is 36.5 Å². The van der Waals surface area contributed by atoms with Crippen LogP contribution in [0, 0.1) is 12.7 Å². The van der Waals surface area contributed by atoms with Crippen molar-refractivity contribution in [2.24, 2.45) is 0 Å². The number of nitrogens with zero attached hydrogens (tertiary/aromatic N) is 6.